The molecule has 3 aromatic heterocycles. The molecule has 0 atom stereocenters. The zero-order chi connectivity index (χ0) is 25.7. The Kier molecular flexibility index (Phi) is 5.84. The minimum atomic E-state index is -0.479. The lowest BCUT2D eigenvalue weighted by Crippen LogP contribution is -2.46. The highest BCUT2D eigenvalue weighted by Gasteiger charge is 2.35. The Morgan fingerprint density at radius 2 is 2.00 bits per heavy atom. The standard InChI is InChI=1S/C28H29FN8/c1-16(2)27-21-12-18(4-6-24(21)35-36(27)3)26-22(29)14-31-28(34-26)33-25-7-5-19-15-37(9-8-23(19)32-25)20-10-17(11-20)13-30/h4-7,12,14,16-17,20H,8-11,15H2,1-3H3,(H,31,32,33,34). The molecule has 0 unspecified atom stereocenters. The second kappa shape index (κ2) is 9.20. The number of hydrogen-bond donors (Lipinski definition) is 1. The number of hydrogen-bond acceptors (Lipinski definition) is 7. The monoisotopic (exact) mass is 496 g/mol. The van der Waals surface area contributed by atoms with E-state index >= 15 is 0 Å². The first-order valence-electron chi connectivity index (χ1n) is 12.8. The van der Waals surface area contributed by atoms with Crippen molar-refractivity contribution in [2.75, 3.05) is 11.9 Å². The second-order valence-electron chi connectivity index (χ2n) is 10.4. The maximum absolute atomic E-state index is 14.9. The van der Waals surface area contributed by atoms with Gasteiger partial charge in [-0.05, 0) is 42.5 Å². The third-order valence-corrected chi connectivity index (χ3v) is 7.57. The van der Waals surface area contributed by atoms with Gasteiger partial charge in [0.15, 0.2) is 5.82 Å². The highest BCUT2D eigenvalue weighted by molar-refractivity contribution is 5.86. The SMILES string of the molecule is CC(C)c1c2cc(-c3nc(Nc4ccc5c(n4)CCN(C4CC(C#N)C4)C5)ncc3F)ccc2nn1C. The zero-order valence-electron chi connectivity index (χ0n) is 21.2. The summed E-state index contributed by atoms with van der Waals surface area (Å²) in [4.78, 5) is 15.9. The van der Waals surface area contributed by atoms with E-state index in [4.69, 9.17) is 10.2 Å². The van der Waals surface area contributed by atoms with Crippen molar-refractivity contribution in [3.05, 3.63) is 59.3 Å². The molecule has 1 aliphatic heterocycles. The maximum atomic E-state index is 14.9. The Bertz CT molecular complexity index is 1530. The Morgan fingerprint density at radius 1 is 1.16 bits per heavy atom. The van der Waals surface area contributed by atoms with Crippen LogP contribution in [0.25, 0.3) is 22.2 Å². The molecule has 1 saturated carbocycles. The number of rotatable bonds is 5. The lowest BCUT2D eigenvalue weighted by molar-refractivity contribution is 0.0873. The summed E-state index contributed by atoms with van der Waals surface area (Å²) in [6, 6.07) is 12.6. The summed E-state index contributed by atoms with van der Waals surface area (Å²) in [6.07, 6.45) is 3.99. The first kappa shape index (κ1) is 23.5. The maximum Gasteiger partial charge on any atom is 0.229 e. The van der Waals surface area contributed by atoms with Crippen molar-refractivity contribution in [2.24, 2.45) is 13.0 Å². The summed E-state index contributed by atoms with van der Waals surface area (Å²) in [7, 11) is 1.93. The Morgan fingerprint density at radius 3 is 2.78 bits per heavy atom. The summed E-state index contributed by atoms with van der Waals surface area (Å²) < 4.78 is 16.7. The molecule has 4 heterocycles. The van der Waals surface area contributed by atoms with Crippen LogP contribution in [0, 0.1) is 23.1 Å². The quantitative estimate of drug-likeness (QED) is 0.411. The summed E-state index contributed by atoms with van der Waals surface area (Å²) in [6.45, 7) is 6.05. The van der Waals surface area contributed by atoms with Crippen molar-refractivity contribution in [1.82, 2.24) is 29.6 Å². The van der Waals surface area contributed by atoms with E-state index in [0.29, 0.717) is 23.4 Å². The van der Waals surface area contributed by atoms with Gasteiger partial charge >= 0.3 is 0 Å². The third-order valence-electron chi connectivity index (χ3n) is 7.57. The van der Waals surface area contributed by atoms with Crippen LogP contribution < -0.4 is 5.32 Å². The Hall–Kier alpha value is -3.90. The summed E-state index contributed by atoms with van der Waals surface area (Å²) in [5.74, 6) is 0.952. The molecule has 2 aliphatic rings. The van der Waals surface area contributed by atoms with Crippen LogP contribution in [0.2, 0.25) is 0 Å². The molecule has 0 spiro atoms. The number of nitrogens with zero attached hydrogens (tertiary/aromatic N) is 7. The van der Waals surface area contributed by atoms with Gasteiger partial charge in [0.1, 0.15) is 11.5 Å². The summed E-state index contributed by atoms with van der Waals surface area (Å²) >= 11 is 0. The zero-order valence-corrected chi connectivity index (χ0v) is 21.2. The number of anilines is 2. The van der Waals surface area contributed by atoms with Gasteiger partial charge in [-0.15, -0.1) is 0 Å². The largest absolute Gasteiger partial charge is 0.309 e. The van der Waals surface area contributed by atoms with Crippen LogP contribution in [0.4, 0.5) is 16.2 Å². The fourth-order valence-electron chi connectivity index (χ4n) is 5.61. The minimum absolute atomic E-state index is 0.209. The molecule has 4 aromatic rings. The van der Waals surface area contributed by atoms with Crippen LogP contribution in [0.3, 0.4) is 0 Å². The van der Waals surface area contributed by atoms with Gasteiger partial charge in [-0.25, -0.2) is 19.3 Å². The molecule has 1 N–H and O–H groups in total. The molecule has 6 rings (SSSR count). The van der Waals surface area contributed by atoms with Crippen LogP contribution in [0.15, 0.2) is 36.5 Å². The van der Waals surface area contributed by atoms with Crippen LogP contribution >= 0.6 is 0 Å². The number of aromatic nitrogens is 5. The topological polar surface area (TPSA) is 95.6 Å². The molecule has 0 amide bonds. The van der Waals surface area contributed by atoms with Gasteiger partial charge in [-0.2, -0.15) is 10.4 Å². The average Bonchev–Trinajstić information content (AvgIpc) is 3.19. The number of halogens is 1. The molecule has 8 nitrogen and oxygen atoms in total. The lowest BCUT2D eigenvalue weighted by atomic mass is 9.79. The molecule has 0 radical (unpaired) electrons. The highest BCUT2D eigenvalue weighted by Crippen LogP contribution is 2.34. The van der Waals surface area contributed by atoms with E-state index in [2.05, 4.69) is 51.3 Å². The molecule has 0 saturated heterocycles. The van der Waals surface area contributed by atoms with Crippen molar-refractivity contribution in [3.63, 3.8) is 0 Å². The fraction of sp³-hybridized carbons (Fsp3) is 0.393. The molecule has 1 aromatic carbocycles. The van der Waals surface area contributed by atoms with E-state index in [1.54, 1.807) is 0 Å². The fourth-order valence-corrected chi connectivity index (χ4v) is 5.61. The van der Waals surface area contributed by atoms with E-state index in [0.717, 1.165) is 54.6 Å². The highest BCUT2D eigenvalue weighted by atomic mass is 19.1. The third kappa shape index (κ3) is 4.31. The van der Waals surface area contributed by atoms with E-state index < -0.39 is 5.82 Å². The number of benzene rings is 1. The van der Waals surface area contributed by atoms with E-state index in [-0.39, 0.29) is 17.5 Å². The molecule has 1 aliphatic carbocycles. The van der Waals surface area contributed by atoms with Crippen LogP contribution in [0.5, 0.6) is 0 Å². The minimum Gasteiger partial charge on any atom is -0.309 e. The van der Waals surface area contributed by atoms with Crippen molar-refractivity contribution < 1.29 is 4.39 Å². The van der Waals surface area contributed by atoms with Gasteiger partial charge in [0.05, 0.1) is 17.8 Å². The van der Waals surface area contributed by atoms with Crippen molar-refractivity contribution in [3.8, 4) is 17.3 Å². The molecular formula is C28H29FN8. The van der Waals surface area contributed by atoms with Crippen molar-refractivity contribution in [2.45, 2.75) is 51.6 Å². The molecule has 0 bridgehead atoms. The molecular weight excluding hydrogens is 467 g/mol. The van der Waals surface area contributed by atoms with Gasteiger partial charge in [0, 0.05) is 60.9 Å². The molecule has 188 valence electrons. The first-order chi connectivity index (χ1) is 17.9. The number of fused-ring (bicyclic) bond motifs is 2. The van der Waals surface area contributed by atoms with Crippen molar-refractivity contribution in [1.29, 1.82) is 5.26 Å². The Balaban J connectivity index is 1.23. The van der Waals surface area contributed by atoms with Gasteiger partial charge < -0.3 is 5.32 Å². The number of nitriles is 1. The van der Waals surface area contributed by atoms with Crippen LogP contribution in [-0.4, -0.2) is 42.2 Å². The van der Waals surface area contributed by atoms with E-state index in [9.17, 15) is 4.39 Å². The second-order valence-corrected chi connectivity index (χ2v) is 10.4. The summed E-state index contributed by atoms with van der Waals surface area (Å²) in [5, 5.41) is 17.8. The Labute approximate surface area is 215 Å². The van der Waals surface area contributed by atoms with Gasteiger partial charge in [-0.3, -0.25) is 9.58 Å². The first-order valence-corrected chi connectivity index (χ1v) is 12.8. The van der Waals surface area contributed by atoms with Crippen LogP contribution in [0.1, 0.15) is 49.6 Å². The predicted molar refractivity (Wildman–Crippen MR) is 140 cm³/mol. The van der Waals surface area contributed by atoms with Gasteiger partial charge in [-0.1, -0.05) is 26.0 Å². The van der Waals surface area contributed by atoms with Gasteiger partial charge in [0.25, 0.3) is 0 Å². The number of nitrogens with one attached hydrogen (secondary N) is 1. The molecule has 9 heteroatoms. The number of aryl methyl sites for hydroxylation is 1. The van der Waals surface area contributed by atoms with Crippen LogP contribution in [-0.2, 0) is 20.0 Å². The number of pyridine rings is 1. The summed E-state index contributed by atoms with van der Waals surface area (Å²) in [5.41, 5.74) is 5.17. The molecule has 37 heavy (non-hydrogen) atoms. The normalized spacial score (nSPS) is 19.5. The average molecular weight is 497 g/mol. The van der Waals surface area contributed by atoms with E-state index in [1.165, 1.54) is 11.8 Å². The lowest BCUT2D eigenvalue weighted by Gasteiger charge is -2.42. The van der Waals surface area contributed by atoms with E-state index in [1.807, 2.05) is 36.0 Å². The van der Waals surface area contributed by atoms with Gasteiger partial charge in [0.2, 0.25) is 5.95 Å². The van der Waals surface area contributed by atoms with Crippen molar-refractivity contribution >= 4 is 22.7 Å². The molecule has 1 fully saturated rings. The smallest absolute Gasteiger partial charge is 0.229 e. The predicted octanol–water partition coefficient (Wildman–Crippen LogP) is 5.09.